The normalized spacial score (nSPS) is 31.9. The molecule has 2 aromatic carbocycles. The van der Waals surface area contributed by atoms with E-state index in [-0.39, 0.29) is 64.0 Å². The second kappa shape index (κ2) is 9.30. The van der Waals surface area contributed by atoms with E-state index < -0.39 is 11.9 Å². The Morgan fingerprint density at radius 3 is 2.08 bits per heavy atom. The maximum Gasteiger partial charge on any atom is 0.316 e. The molecule has 0 N–H and O–H groups in total. The summed E-state index contributed by atoms with van der Waals surface area (Å²) in [5.74, 6) is -1.38. The molecule has 0 spiro atoms. The zero-order valence-corrected chi connectivity index (χ0v) is 24.5. The number of carbonyl (C=O) groups is 4. The third kappa shape index (κ3) is 3.96. The molecule has 0 aromatic heterocycles. The van der Waals surface area contributed by atoms with Gasteiger partial charge in [0.05, 0.1) is 23.4 Å². The summed E-state index contributed by atoms with van der Waals surface area (Å²) in [5, 5.41) is 0. The van der Waals surface area contributed by atoms with Crippen LogP contribution in [0.15, 0.2) is 36.4 Å². The maximum atomic E-state index is 13.4. The van der Waals surface area contributed by atoms with Crippen LogP contribution in [-0.4, -0.2) is 39.9 Å². The van der Waals surface area contributed by atoms with Crippen molar-refractivity contribution in [1.82, 2.24) is 0 Å². The molecule has 0 unspecified atom stereocenters. The number of imide groups is 1. The summed E-state index contributed by atoms with van der Waals surface area (Å²) in [6, 6.07) is 10.9. The van der Waals surface area contributed by atoms with Gasteiger partial charge in [-0.3, -0.25) is 19.2 Å². The Labute approximate surface area is 238 Å². The number of anilines is 2. The lowest BCUT2D eigenvalue weighted by Gasteiger charge is -2.28. The summed E-state index contributed by atoms with van der Waals surface area (Å²) in [4.78, 5) is 55.8. The first kappa shape index (κ1) is 25.7. The molecule has 2 aliphatic heterocycles. The molecule has 2 bridgehead atoms. The molecule has 7 nitrogen and oxygen atoms in total. The summed E-state index contributed by atoms with van der Waals surface area (Å²) >= 11 is 7.44. The predicted molar refractivity (Wildman–Crippen MR) is 150 cm³/mol. The van der Waals surface area contributed by atoms with Gasteiger partial charge in [-0.05, 0) is 86.1 Å². The molecule has 4 aliphatic rings. The van der Waals surface area contributed by atoms with Crippen molar-refractivity contribution in [2.24, 2.45) is 29.6 Å². The number of carbonyl (C=O) groups excluding carboxylic acids is 4. The Kier molecular flexibility index (Phi) is 6.30. The molecule has 0 radical (unpaired) electrons. The lowest BCUT2D eigenvalue weighted by atomic mass is 9.81. The molecule has 2 saturated heterocycles. The summed E-state index contributed by atoms with van der Waals surface area (Å²) in [5.41, 5.74) is 4.11. The molecule has 4 fully saturated rings. The zero-order valence-electron chi connectivity index (χ0n) is 21.3. The van der Waals surface area contributed by atoms with Gasteiger partial charge in [0.25, 0.3) is 0 Å². The molecule has 38 heavy (non-hydrogen) atoms. The number of alkyl halides is 2. The van der Waals surface area contributed by atoms with Crippen LogP contribution in [0.25, 0.3) is 0 Å². The van der Waals surface area contributed by atoms with Gasteiger partial charge in [0.2, 0.25) is 17.7 Å². The molecule has 2 aliphatic carbocycles. The minimum Gasteiger partial charge on any atom is -0.426 e. The highest BCUT2D eigenvalue weighted by atomic mass is 79.9. The van der Waals surface area contributed by atoms with E-state index in [1.54, 1.807) is 30.0 Å². The minimum absolute atomic E-state index is 0.0912. The molecule has 6 rings (SSSR count). The van der Waals surface area contributed by atoms with Crippen LogP contribution in [0.3, 0.4) is 0 Å². The number of rotatable bonds is 4. The maximum absolute atomic E-state index is 13.4. The quantitative estimate of drug-likeness (QED) is 0.206. The van der Waals surface area contributed by atoms with Crippen LogP contribution in [0.1, 0.15) is 29.5 Å². The first-order valence-corrected chi connectivity index (χ1v) is 14.7. The third-order valence-corrected chi connectivity index (χ3v) is 11.8. The topological polar surface area (TPSA) is 84.0 Å². The number of esters is 1. The highest BCUT2D eigenvalue weighted by Crippen LogP contribution is 2.60. The number of benzene rings is 2. The molecule has 9 heteroatoms. The van der Waals surface area contributed by atoms with E-state index >= 15 is 0 Å². The van der Waals surface area contributed by atoms with Crippen LogP contribution in [0.5, 0.6) is 5.75 Å². The van der Waals surface area contributed by atoms with Gasteiger partial charge in [0.15, 0.2) is 0 Å². The molecular weight excluding hydrogens is 616 g/mol. The average molecular weight is 644 g/mol. The van der Waals surface area contributed by atoms with Crippen molar-refractivity contribution in [3.05, 3.63) is 53.1 Å². The fourth-order valence-corrected chi connectivity index (χ4v) is 8.82. The summed E-state index contributed by atoms with van der Waals surface area (Å²) in [7, 11) is 0. The van der Waals surface area contributed by atoms with Crippen molar-refractivity contribution >= 4 is 66.9 Å². The standard InChI is InChI=1S/C29H28Br2N2O5/c1-13-6-14(2)8-17(7-13)32-12-16(10-22(32)34)29(37)38-18-4-5-21(15(3)9-18)33-27(35)23-19-11-20(24(23)28(33)36)26(31)25(19)30/h4-9,16,19-20,23-26H,10-12H2,1-3H3/t16-,19-,20-,23-,24+,25+,26+/m1/s1. The van der Waals surface area contributed by atoms with Crippen LogP contribution >= 0.6 is 31.9 Å². The van der Waals surface area contributed by atoms with E-state index in [1.165, 1.54) is 4.90 Å². The molecule has 2 saturated carbocycles. The number of fused-ring (bicyclic) bond motifs is 5. The Hall–Kier alpha value is -2.52. The lowest BCUT2D eigenvalue weighted by molar-refractivity contribution is -0.139. The van der Waals surface area contributed by atoms with Crippen molar-refractivity contribution in [2.75, 3.05) is 16.3 Å². The van der Waals surface area contributed by atoms with E-state index in [2.05, 4.69) is 31.9 Å². The summed E-state index contributed by atoms with van der Waals surface area (Å²) in [6.07, 6.45) is 0.971. The monoisotopic (exact) mass is 642 g/mol. The number of aryl methyl sites for hydroxylation is 3. The fourth-order valence-electron chi connectivity index (χ4n) is 6.95. The first-order chi connectivity index (χ1) is 18.0. The highest BCUT2D eigenvalue weighted by molar-refractivity contribution is 9.12. The van der Waals surface area contributed by atoms with Crippen LogP contribution in [0, 0.1) is 50.4 Å². The van der Waals surface area contributed by atoms with Crippen LogP contribution in [0.2, 0.25) is 0 Å². The Morgan fingerprint density at radius 2 is 1.50 bits per heavy atom. The minimum atomic E-state index is -0.575. The number of hydrogen-bond donors (Lipinski definition) is 0. The summed E-state index contributed by atoms with van der Waals surface area (Å²) in [6.45, 7) is 6.02. The molecule has 3 amide bonds. The number of hydrogen-bond acceptors (Lipinski definition) is 5. The largest absolute Gasteiger partial charge is 0.426 e. The number of nitrogens with zero attached hydrogens (tertiary/aromatic N) is 2. The number of amides is 3. The van der Waals surface area contributed by atoms with Crippen molar-refractivity contribution in [2.45, 2.75) is 43.3 Å². The van der Waals surface area contributed by atoms with Crippen molar-refractivity contribution < 1.29 is 23.9 Å². The van der Waals surface area contributed by atoms with E-state index in [0.717, 1.165) is 23.2 Å². The second-order valence-corrected chi connectivity index (χ2v) is 13.3. The van der Waals surface area contributed by atoms with Crippen molar-refractivity contribution in [3.8, 4) is 5.75 Å². The van der Waals surface area contributed by atoms with Gasteiger partial charge < -0.3 is 9.64 Å². The molecule has 2 heterocycles. The number of halogens is 2. The number of ether oxygens (including phenoxy) is 1. The zero-order chi connectivity index (χ0) is 27.0. The molecule has 2 aromatic rings. The van der Waals surface area contributed by atoms with E-state index in [0.29, 0.717) is 17.0 Å². The fraction of sp³-hybridized carbons (Fsp3) is 0.448. The van der Waals surface area contributed by atoms with Gasteiger partial charge in [-0.25, -0.2) is 4.90 Å². The molecule has 198 valence electrons. The average Bonchev–Trinajstić information content (AvgIpc) is 3.57. The van der Waals surface area contributed by atoms with Crippen molar-refractivity contribution in [3.63, 3.8) is 0 Å². The van der Waals surface area contributed by atoms with Crippen LogP contribution < -0.4 is 14.5 Å². The van der Waals surface area contributed by atoms with E-state index in [4.69, 9.17) is 4.74 Å². The van der Waals surface area contributed by atoms with E-state index in [1.807, 2.05) is 32.0 Å². The second-order valence-electron chi connectivity index (χ2n) is 11.1. The van der Waals surface area contributed by atoms with Gasteiger partial charge in [-0.1, -0.05) is 37.9 Å². The van der Waals surface area contributed by atoms with Gasteiger partial charge in [-0.2, -0.15) is 0 Å². The predicted octanol–water partition coefficient (Wildman–Crippen LogP) is 4.85. The summed E-state index contributed by atoms with van der Waals surface area (Å²) < 4.78 is 5.66. The smallest absolute Gasteiger partial charge is 0.316 e. The van der Waals surface area contributed by atoms with Crippen LogP contribution in [0.4, 0.5) is 11.4 Å². The molecular formula is C29H28Br2N2O5. The van der Waals surface area contributed by atoms with Crippen LogP contribution in [-0.2, 0) is 19.2 Å². The Balaban J connectivity index is 1.16. The third-order valence-electron chi connectivity index (χ3n) is 8.59. The van der Waals surface area contributed by atoms with Gasteiger partial charge in [0, 0.05) is 28.3 Å². The first-order valence-electron chi connectivity index (χ1n) is 12.9. The Bertz CT molecular complexity index is 1340. The Morgan fingerprint density at radius 1 is 0.895 bits per heavy atom. The lowest BCUT2D eigenvalue weighted by Crippen LogP contribution is -2.37. The van der Waals surface area contributed by atoms with Gasteiger partial charge in [0.1, 0.15) is 5.75 Å². The van der Waals surface area contributed by atoms with Gasteiger partial charge in [-0.15, -0.1) is 0 Å². The SMILES string of the molecule is Cc1cc(C)cc(N2C[C@H](C(=O)Oc3ccc(N4C(=O)[C@@H]5[C@H]6C[C@@H]([C@H](Br)[C@H]6Br)[C@@H]5C4=O)c(C)c3)CC2=O)c1. The van der Waals surface area contributed by atoms with Gasteiger partial charge >= 0.3 is 5.97 Å². The van der Waals surface area contributed by atoms with Crippen molar-refractivity contribution in [1.29, 1.82) is 0 Å². The highest BCUT2D eigenvalue weighted by Gasteiger charge is 2.66. The molecule has 7 atom stereocenters. The van der Waals surface area contributed by atoms with E-state index in [9.17, 15) is 19.2 Å².